The Labute approximate surface area is 230 Å². The van der Waals surface area contributed by atoms with Crippen molar-refractivity contribution in [1.29, 1.82) is 0 Å². The van der Waals surface area contributed by atoms with Crippen molar-refractivity contribution in [2.45, 2.75) is 51.4 Å². The van der Waals surface area contributed by atoms with Crippen molar-refractivity contribution in [3.05, 3.63) is 47.5 Å². The molecule has 12 heteroatoms. The van der Waals surface area contributed by atoms with Crippen molar-refractivity contribution in [3.8, 4) is 11.5 Å². The first kappa shape index (κ1) is 28.2. The molecule has 1 aliphatic rings. The maximum Gasteiger partial charge on any atom is 0.410 e. The van der Waals surface area contributed by atoms with Gasteiger partial charge in [-0.05, 0) is 39.0 Å². The Morgan fingerprint density at radius 3 is 2.64 bits per heavy atom. The first-order chi connectivity index (χ1) is 18.5. The van der Waals surface area contributed by atoms with E-state index < -0.39 is 29.7 Å². The minimum absolute atomic E-state index is 0.0209. The van der Waals surface area contributed by atoms with Crippen molar-refractivity contribution in [3.63, 3.8) is 0 Å². The van der Waals surface area contributed by atoms with Crippen molar-refractivity contribution < 1.29 is 28.2 Å². The maximum atomic E-state index is 14.6. The molecule has 1 aromatic heterocycles. The predicted octanol–water partition coefficient (Wildman–Crippen LogP) is 5.07. The fourth-order valence-corrected chi connectivity index (χ4v) is 4.49. The standard InChI is InChI=1S/C27H31ClFN5O5/c1-27(2,3)39-26(36)34-10-9-15(11-20(34)25(35)30-4)38-22-12-16-19(13-21(22)37-5)31-14-32-24(16)33-18-8-6-7-17(28)23(18)29/h6-8,12-15,20H,9-11H2,1-5H3,(H,30,35)(H,31,32,33)/t15-,20-/m1/s1. The zero-order valence-electron chi connectivity index (χ0n) is 22.4. The summed E-state index contributed by atoms with van der Waals surface area (Å²) in [6.45, 7) is 5.58. The Morgan fingerprint density at radius 1 is 1.18 bits per heavy atom. The van der Waals surface area contributed by atoms with Gasteiger partial charge in [-0.1, -0.05) is 17.7 Å². The number of methoxy groups -OCH3 is 1. The third kappa shape index (κ3) is 6.42. The molecule has 0 unspecified atom stereocenters. The molecule has 39 heavy (non-hydrogen) atoms. The highest BCUT2D eigenvalue weighted by Gasteiger charge is 2.39. The second kappa shape index (κ2) is 11.5. The normalized spacial score (nSPS) is 17.5. The van der Waals surface area contributed by atoms with Gasteiger partial charge >= 0.3 is 6.09 Å². The molecule has 1 saturated heterocycles. The van der Waals surface area contributed by atoms with E-state index in [2.05, 4.69) is 20.6 Å². The van der Waals surface area contributed by atoms with Crippen LogP contribution in [0.1, 0.15) is 33.6 Å². The molecule has 2 amide bonds. The van der Waals surface area contributed by atoms with Crippen LogP contribution in [0.15, 0.2) is 36.7 Å². The number of fused-ring (bicyclic) bond motifs is 1. The molecule has 0 spiro atoms. The van der Waals surface area contributed by atoms with Crippen LogP contribution in [0, 0.1) is 5.82 Å². The second-order valence-corrected chi connectivity index (χ2v) is 10.4. The third-order valence-electron chi connectivity index (χ3n) is 6.15. The van der Waals surface area contributed by atoms with Crippen molar-refractivity contribution in [1.82, 2.24) is 20.2 Å². The number of halogens is 2. The van der Waals surface area contributed by atoms with Gasteiger partial charge in [0.25, 0.3) is 0 Å². The first-order valence-corrected chi connectivity index (χ1v) is 12.8. The largest absolute Gasteiger partial charge is 0.493 e. The molecule has 2 aromatic carbocycles. The number of likely N-dealkylation sites (N-methyl/N-ethyl adjacent to an activating group) is 1. The lowest BCUT2D eigenvalue weighted by molar-refractivity contribution is -0.128. The number of benzene rings is 2. The fourth-order valence-electron chi connectivity index (χ4n) is 4.32. The van der Waals surface area contributed by atoms with Crippen LogP contribution in [-0.2, 0) is 9.53 Å². The van der Waals surface area contributed by atoms with Gasteiger partial charge in [-0.25, -0.2) is 19.2 Å². The number of anilines is 2. The topological polar surface area (TPSA) is 115 Å². The number of ether oxygens (including phenoxy) is 3. The van der Waals surface area contributed by atoms with E-state index in [0.29, 0.717) is 34.6 Å². The smallest absolute Gasteiger partial charge is 0.410 e. The average molecular weight is 560 g/mol. The first-order valence-electron chi connectivity index (χ1n) is 12.4. The van der Waals surface area contributed by atoms with Gasteiger partial charge in [0.1, 0.15) is 29.9 Å². The van der Waals surface area contributed by atoms with Gasteiger partial charge in [0.2, 0.25) is 5.91 Å². The summed E-state index contributed by atoms with van der Waals surface area (Å²) in [6.07, 6.45) is 1.08. The van der Waals surface area contributed by atoms with Gasteiger partial charge in [-0.3, -0.25) is 9.69 Å². The van der Waals surface area contributed by atoms with Gasteiger partial charge < -0.3 is 24.8 Å². The molecule has 1 aliphatic heterocycles. The van der Waals surface area contributed by atoms with E-state index in [4.69, 9.17) is 25.8 Å². The van der Waals surface area contributed by atoms with E-state index in [9.17, 15) is 14.0 Å². The van der Waals surface area contributed by atoms with E-state index in [1.165, 1.54) is 31.5 Å². The highest BCUT2D eigenvalue weighted by atomic mass is 35.5. The Balaban J connectivity index is 1.62. The number of hydrogen-bond acceptors (Lipinski definition) is 8. The Bertz CT molecular complexity index is 1380. The van der Waals surface area contributed by atoms with Crippen LogP contribution in [0.5, 0.6) is 11.5 Å². The van der Waals surface area contributed by atoms with Crippen molar-refractivity contribution in [2.75, 3.05) is 26.0 Å². The van der Waals surface area contributed by atoms with E-state index in [-0.39, 0.29) is 29.6 Å². The summed E-state index contributed by atoms with van der Waals surface area (Å²) in [7, 11) is 3.03. The molecule has 2 atom stereocenters. The Kier molecular flexibility index (Phi) is 8.29. The number of carbonyl (C=O) groups excluding carboxylic acids is 2. The van der Waals surface area contributed by atoms with Crippen LogP contribution >= 0.6 is 11.6 Å². The summed E-state index contributed by atoms with van der Waals surface area (Å²) in [5.74, 6) is 0.237. The molecular formula is C27H31ClFN5O5. The van der Waals surface area contributed by atoms with Crippen LogP contribution in [0.3, 0.4) is 0 Å². The molecule has 2 heterocycles. The molecule has 0 aliphatic carbocycles. The number of hydrogen-bond donors (Lipinski definition) is 2. The predicted molar refractivity (Wildman–Crippen MR) is 145 cm³/mol. The van der Waals surface area contributed by atoms with E-state index in [1.807, 2.05) is 0 Å². The number of likely N-dealkylation sites (tertiary alicyclic amines) is 1. The van der Waals surface area contributed by atoms with E-state index in [0.717, 1.165) is 0 Å². The van der Waals surface area contributed by atoms with Gasteiger partial charge in [0.15, 0.2) is 17.3 Å². The highest BCUT2D eigenvalue weighted by Crippen LogP contribution is 2.37. The number of rotatable bonds is 6. The number of nitrogens with one attached hydrogen (secondary N) is 2. The van der Waals surface area contributed by atoms with Crippen LogP contribution in [0.25, 0.3) is 10.9 Å². The van der Waals surface area contributed by atoms with Crippen molar-refractivity contribution in [2.24, 2.45) is 0 Å². The maximum absolute atomic E-state index is 14.6. The molecule has 208 valence electrons. The average Bonchev–Trinajstić information content (AvgIpc) is 2.89. The van der Waals surface area contributed by atoms with Crippen LogP contribution in [-0.4, -0.2) is 65.3 Å². The summed E-state index contributed by atoms with van der Waals surface area (Å²) in [5, 5.41) is 6.13. The molecule has 3 aromatic rings. The fraction of sp³-hybridized carbons (Fsp3) is 0.407. The van der Waals surface area contributed by atoms with Gasteiger partial charge in [0.05, 0.1) is 23.3 Å². The molecule has 0 radical (unpaired) electrons. The van der Waals surface area contributed by atoms with Crippen LogP contribution in [0.2, 0.25) is 5.02 Å². The summed E-state index contributed by atoms with van der Waals surface area (Å²) < 4.78 is 31.9. The number of piperidine rings is 1. The zero-order chi connectivity index (χ0) is 28.3. The summed E-state index contributed by atoms with van der Waals surface area (Å²) in [6, 6.07) is 7.25. The summed E-state index contributed by atoms with van der Waals surface area (Å²) in [4.78, 5) is 35.5. The molecule has 2 N–H and O–H groups in total. The number of nitrogens with zero attached hydrogens (tertiary/aromatic N) is 3. The molecular weight excluding hydrogens is 529 g/mol. The minimum Gasteiger partial charge on any atom is -0.493 e. The Hall–Kier alpha value is -3.86. The highest BCUT2D eigenvalue weighted by molar-refractivity contribution is 6.31. The lowest BCUT2D eigenvalue weighted by atomic mass is 9.98. The Morgan fingerprint density at radius 2 is 1.95 bits per heavy atom. The molecule has 0 saturated carbocycles. The SMILES string of the molecule is CNC(=O)[C@H]1C[C@H](Oc2cc3c(Nc4cccc(Cl)c4F)ncnc3cc2OC)CCN1C(=O)OC(C)(C)C. The quantitative estimate of drug-likeness (QED) is 0.430. The second-order valence-electron chi connectivity index (χ2n) is 10.0. The molecule has 10 nitrogen and oxygen atoms in total. The van der Waals surface area contributed by atoms with Gasteiger partial charge in [-0.2, -0.15) is 0 Å². The lowest BCUT2D eigenvalue weighted by Gasteiger charge is -2.38. The summed E-state index contributed by atoms with van der Waals surface area (Å²) >= 11 is 5.93. The number of aromatic nitrogens is 2. The van der Waals surface area contributed by atoms with E-state index in [1.54, 1.807) is 45.0 Å². The monoisotopic (exact) mass is 559 g/mol. The zero-order valence-corrected chi connectivity index (χ0v) is 23.1. The lowest BCUT2D eigenvalue weighted by Crippen LogP contribution is -2.55. The van der Waals surface area contributed by atoms with Gasteiger partial charge in [0, 0.05) is 37.9 Å². The number of amides is 2. The molecule has 4 rings (SSSR count). The minimum atomic E-state index is -0.776. The van der Waals surface area contributed by atoms with Crippen molar-refractivity contribution >= 4 is 46.0 Å². The molecule has 0 bridgehead atoms. The molecule has 1 fully saturated rings. The van der Waals surface area contributed by atoms with Gasteiger partial charge in [-0.15, -0.1) is 0 Å². The van der Waals surface area contributed by atoms with Crippen LogP contribution < -0.4 is 20.1 Å². The van der Waals surface area contributed by atoms with E-state index >= 15 is 0 Å². The number of carbonyl (C=O) groups is 2. The third-order valence-corrected chi connectivity index (χ3v) is 6.44. The van der Waals surface area contributed by atoms with Crippen LogP contribution in [0.4, 0.5) is 20.7 Å². The summed E-state index contributed by atoms with van der Waals surface area (Å²) in [5.41, 5.74) is 0.00337.